The zero-order valence-electron chi connectivity index (χ0n) is 9.78. The van der Waals surface area contributed by atoms with Crippen molar-refractivity contribution in [3.63, 3.8) is 0 Å². The first-order valence-electron chi connectivity index (χ1n) is 5.22. The van der Waals surface area contributed by atoms with Gasteiger partial charge in [0.05, 0.1) is 22.2 Å². The lowest BCUT2D eigenvalue weighted by atomic mass is 10.1. The number of hydrogen-bond acceptors (Lipinski definition) is 3. The predicted molar refractivity (Wildman–Crippen MR) is 76.6 cm³/mol. The Labute approximate surface area is 125 Å². The van der Waals surface area contributed by atoms with E-state index in [2.05, 4.69) is 4.98 Å². The standard InChI is InChI=1S/C13H8Cl3NO2/c1-19-12-3-2-7(6-18)17-13(12)8-4-10(15)11(16)5-9(8)14/h2-6H,1H3. The van der Waals surface area contributed by atoms with Crippen LogP contribution in [0, 0.1) is 0 Å². The van der Waals surface area contributed by atoms with Gasteiger partial charge in [0, 0.05) is 5.56 Å². The van der Waals surface area contributed by atoms with Crippen molar-refractivity contribution < 1.29 is 9.53 Å². The molecule has 0 amide bonds. The number of nitrogens with zero attached hydrogens (tertiary/aromatic N) is 1. The van der Waals surface area contributed by atoms with Gasteiger partial charge in [0.15, 0.2) is 6.29 Å². The molecule has 2 rings (SSSR count). The van der Waals surface area contributed by atoms with E-state index in [4.69, 9.17) is 39.5 Å². The Hall–Kier alpha value is -1.29. The summed E-state index contributed by atoms with van der Waals surface area (Å²) in [4.78, 5) is 15.0. The monoisotopic (exact) mass is 315 g/mol. The summed E-state index contributed by atoms with van der Waals surface area (Å²) in [5.74, 6) is 0.492. The molecule has 1 aromatic heterocycles. The molecule has 0 saturated heterocycles. The Morgan fingerprint density at radius 1 is 1.11 bits per heavy atom. The lowest BCUT2D eigenvalue weighted by Crippen LogP contribution is -1.96. The quantitative estimate of drug-likeness (QED) is 0.617. The van der Waals surface area contributed by atoms with E-state index in [0.29, 0.717) is 38.4 Å². The fourth-order valence-electron chi connectivity index (χ4n) is 1.59. The van der Waals surface area contributed by atoms with Crippen molar-refractivity contribution >= 4 is 41.1 Å². The van der Waals surface area contributed by atoms with Gasteiger partial charge >= 0.3 is 0 Å². The number of benzene rings is 1. The lowest BCUT2D eigenvalue weighted by molar-refractivity contribution is 0.111. The summed E-state index contributed by atoms with van der Waals surface area (Å²) in [7, 11) is 1.51. The molecule has 0 saturated carbocycles. The highest BCUT2D eigenvalue weighted by Gasteiger charge is 2.14. The van der Waals surface area contributed by atoms with Crippen LogP contribution < -0.4 is 4.74 Å². The molecule has 0 aliphatic rings. The second-order valence-electron chi connectivity index (χ2n) is 3.65. The summed E-state index contributed by atoms with van der Waals surface area (Å²) >= 11 is 18.0. The van der Waals surface area contributed by atoms with Crippen LogP contribution in [0.5, 0.6) is 5.75 Å². The van der Waals surface area contributed by atoms with Crippen molar-refractivity contribution in [1.29, 1.82) is 0 Å². The average molecular weight is 317 g/mol. The SMILES string of the molecule is COc1ccc(C=O)nc1-c1cc(Cl)c(Cl)cc1Cl. The summed E-state index contributed by atoms with van der Waals surface area (Å²) in [6.07, 6.45) is 0.647. The molecule has 1 heterocycles. The van der Waals surface area contributed by atoms with Gasteiger partial charge in [-0.3, -0.25) is 4.79 Å². The largest absolute Gasteiger partial charge is 0.494 e. The number of aldehydes is 1. The molecule has 19 heavy (non-hydrogen) atoms. The van der Waals surface area contributed by atoms with Crippen LogP contribution in [-0.2, 0) is 0 Å². The molecule has 6 heteroatoms. The van der Waals surface area contributed by atoms with Crippen LogP contribution in [-0.4, -0.2) is 18.4 Å². The molecule has 3 nitrogen and oxygen atoms in total. The van der Waals surface area contributed by atoms with E-state index < -0.39 is 0 Å². The van der Waals surface area contributed by atoms with Crippen molar-refractivity contribution in [3.05, 3.63) is 45.0 Å². The summed E-state index contributed by atoms with van der Waals surface area (Å²) < 4.78 is 5.21. The van der Waals surface area contributed by atoms with Crippen LogP contribution in [0.3, 0.4) is 0 Å². The molecule has 0 aliphatic heterocycles. The van der Waals surface area contributed by atoms with Crippen LogP contribution in [0.1, 0.15) is 10.5 Å². The van der Waals surface area contributed by atoms with Crippen LogP contribution >= 0.6 is 34.8 Å². The lowest BCUT2D eigenvalue weighted by Gasteiger charge is -2.10. The van der Waals surface area contributed by atoms with Gasteiger partial charge in [0.1, 0.15) is 17.1 Å². The highest BCUT2D eigenvalue weighted by Crippen LogP contribution is 2.38. The van der Waals surface area contributed by atoms with Gasteiger partial charge in [-0.05, 0) is 24.3 Å². The van der Waals surface area contributed by atoms with Crippen molar-refractivity contribution in [2.75, 3.05) is 7.11 Å². The second-order valence-corrected chi connectivity index (χ2v) is 4.87. The van der Waals surface area contributed by atoms with E-state index in [1.807, 2.05) is 0 Å². The third-order valence-corrected chi connectivity index (χ3v) is 3.52. The van der Waals surface area contributed by atoms with Gasteiger partial charge in [-0.1, -0.05) is 34.8 Å². The number of pyridine rings is 1. The van der Waals surface area contributed by atoms with Gasteiger partial charge in [-0.15, -0.1) is 0 Å². The third kappa shape index (κ3) is 2.84. The normalized spacial score (nSPS) is 10.3. The molecular weight excluding hydrogens is 309 g/mol. The summed E-state index contributed by atoms with van der Waals surface area (Å²) in [6, 6.07) is 6.31. The number of rotatable bonds is 3. The van der Waals surface area contributed by atoms with Gasteiger partial charge in [-0.2, -0.15) is 0 Å². The first-order chi connectivity index (χ1) is 9.06. The minimum absolute atomic E-state index is 0.276. The van der Waals surface area contributed by atoms with E-state index in [9.17, 15) is 4.79 Å². The highest BCUT2D eigenvalue weighted by atomic mass is 35.5. The molecule has 1 aromatic carbocycles. The maximum atomic E-state index is 10.8. The van der Waals surface area contributed by atoms with Crippen molar-refractivity contribution in [2.45, 2.75) is 0 Å². The molecule has 2 aromatic rings. The van der Waals surface area contributed by atoms with E-state index in [1.54, 1.807) is 18.2 Å². The van der Waals surface area contributed by atoms with Crippen LogP contribution in [0.25, 0.3) is 11.3 Å². The third-order valence-electron chi connectivity index (χ3n) is 2.49. The highest BCUT2D eigenvalue weighted by molar-refractivity contribution is 6.44. The molecule has 0 bridgehead atoms. The number of methoxy groups -OCH3 is 1. The van der Waals surface area contributed by atoms with E-state index >= 15 is 0 Å². The smallest absolute Gasteiger partial charge is 0.168 e. The molecular formula is C13H8Cl3NO2. The summed E-state index contributed by atoms with van der Waals surface area (Å²) in [5, 5.41) is 1.07. The van der Waals surface area contributed by atoms with E-state index in [1.165, 1.54) is 13.2 Å². The molecule has 98 valence electrons. The van der Waals surface area contributed by atoms with E-state index in [0.717, 1.165) is 0 Å². The molecule has 0 radical (unpaired) electrons. The van der Waals surface area contributed by atoms with Gasteiger partial charge in [0.25, 0.3) is 0 Å². The number of halogens is 3. The molecule has 0 aliphatic carbocycles. The first-order valence-corrected chi connectivity index (χ1v) is 6.35. The minimum atomic E-state index is 0.276. The first kappa shape index (κ1) is 14.1. The number of hydrogen-bond donors (Lipinski definition) is 0. The molecule has 0 spiro atoms. The maximum absolute atomic E-state index is 10.8. The fraction of sp³-hybridized carbons (Fsp3) is 0.0769. The van der Waals surface area contributed by atoms with Crippen molar-refractivity contribution in [2.24, 2.45) is 0 Å². The van der Waals surface area contributed by atoms with Gasteiger partial charge in [-0.25, -0.2) is 4.98 Å². The number of aromatic nitrogens is 1. The molecule has 0 unspecified atom stereocenters. The van der Waals surface area contributed by atoms with Gasteiger partial charge < -0.3 is 4.74 Å². The van der Waals surface area contributed by atoms with Crippen LogP contribution in [0.4, 0.5) is 0 Å². The topological polar surface area (TPSA) is 39.2 Å². The number of carbonyl (C=O) groups excluding carboxylic acids is 1. The maximum Gasteiger partial charge on any atom is 0.168 e. The predicted octanol–water partition coefficient (Wildman–Crippen LogP) is 4.53. The Kier molecular flexibility index (Phi) is 4.30. The van der Waals surface area contributed by atoms with Crippen LogP contribution in [0.15, 0.2) is 24.3 Å². The fourth-order valence-corrected chi connectivity index (χ4v) is 2.23. The zero-order valence-corrected chi connectivity index (χ0v) is 12.1. The molecule has 0 fully saturated rings. The Morgan fingerprint density at radius 3 is 2.42 bits per heavy atom. The van der Waals surface area contributed by atoms with Crippen molar-refractivity contribution in [3.8, 4) is 17.0 Å². The number of ether oxygens (including phenoxy) is 1. The number of carbonyl (C=O) groups is 1. The zero-order chi connectivity index (χ0) is 14.0. The Balaban J connectivity index is 2.69. The average Bonchev–Trinajstić information content (AvgIpc) is 2.42. The van der Waals surface area contributed by atoms with Gasteiger partial charge in [0.2, 0.25) is 0 Å². The second kappa shape index (κ2) is 5.78. The van der Waals surface area contributed by atoms with Crippen molar-refractivity contribution in [1.82, 2.24) is 4.98 Å². The summed E-state index contributed by atoms with van der Waals surface area (Å²) in [5.41, 5.74) is 1.27. The van der Waals surface area contributed by atoms with E-state index in [-0.39, 0.29) is 5.69 Å². The minimum Gasteiger partial charge on any atom is -0.494 e. The molecule has 0 N–H and O–H groups in total. The van der Waals surface area contributed by atoms with Crippen LogP contribution in [0.2, 0.25) is 15.1 Å². The Bertz CT molecular complexity index is 644. The molecule has 0 atom stereocenters. The Morgan fingerprint density at radius 2 is 1.79 bits per heavy atom. The summed E-state index contributed by atoms with van der Waals surface area (Å²) in [6.45, 7) is 0.